The fourth-order valence-electron chi connectivity index (χ4n) is 5.74. The van der Waals surface area contributed by atoms with Gasteiger partial charge in [0.05, 0.1) is 25.5 Å². The summed E-state index contributed by atoms with van der Waals surface area (Å²) in [5.74, 6) is 1.75. The molecular formula is C26H37N3O4. The minimum Gasteiger partial charge on any atom is -0.493 e. The monoisotopic (exact) mass is 455 g/mol. The van der Waals surface area contributed by atoms with Gasteiger partial charge in [0.25, 0.3) is 5.91 Å². The van der Waals surface area contributed by atoms with Crippen molar-refractivity contribution in [2.75, 3.05) is 26.8 Å². The molecule has 1 amide bonds. The zero-order valence-corrected chi connectivity index (χ0v) is 20.8. The number of nitrogens with zero attached hydrogens (tertiary/aromatic N) is 3. The molecule has 7 heteroatoms. The largest absolute Gasteiger partial charge is 0.493 e. The maximum atomic E-state index is 12.6. The van der Waals surface area contributed by atoms with E-state index in [9.17, 15) is 4.79 Å². The molecule has 0 radical (unpaired) electrons. The third-order valence-corrected chi connectivity index (χ3v) is 8.21. The van der Waals surface area contributed by atoms with E-state index in [1.807, 2.05) is 32.0 Å². The molecule has 2 bridgehead atoms. The molecule has 1 saturated heterocycles. The first-order valence-electron chi connectivity index (χ1n) is 12.0. The highest BCUT2D eigenvalue weighted by Gasteiger charge is 2.60. The lowest BCUT2D eigenvalue weighted by atomic mass is 9.70. The Hall–Kier alpha value is -2.41. The maximum Gasteiger partial charge on any atom is 0.260 e. The topological polar surface area (TPSA) is 72.7 Å². The number of hydrogen-bond donors (Lipinski definition) is 0. The average molecular weight is 456 g/mol. The van der Waals surface area contributed by atoms with Crippen LogP contribution in [-0.2, 0) is 9.53 Å². The van der Waals surface area contributed by atoms with E-state index in [1.165, 1.54) is 18.6 Å². The summed E-state index contributed by atoms with van der Waals surface area (Å²) in [5.41, 5.74) is 2.53. The summed E-state index contributed by atoms with van der Waals surface area (Å²) in [6.45, 7) is 12.1. The van der Waals surface area contributed by atoms with Crippen LogP contribution >= 0.6 is 0 Å². The minimum absolute atomic E-state index is 0.0300. The van der Waals surface area contributed by atoms with Gasteiger partial charge in [0.1, 0.15) is 0 Å². The zero-order valence-electron chi connectivity index (χ0n) is 20.8. The Kier molecular flexibility index (Phi) is 6.54. The number of benzene rings is 1. The number of carbonyl (C=O) groups is 1. The van der Waals surface area contributed by atoms with Gasteiger partial charge in [0.15, 0.2) is 18.1 Å². The summed E-state index contributed by atoms with van der Waals surface area (Å²) >= 11 is 0. The van der Waals surface area contributed by atoms with Crippen molar-refractivity contribution in [3.8, 4) is 11.5 Å². The molecule has 180 valence electrons. The summed E-state index contributed by atoms with van der Waals surface area (Å²) in [4.78, 5) is 14.4. The number of rotatable bonds is 6. The zero-order chi connectivity index (χ0) is 23.8. The van der Waals surface area contributed by atoms with E-state index in [4.69, 9.17) is 14.2 Å². The van der Waals surface area contributed by atoms with E-state index in [0.29, 0.717) is 30.5 Å². The van der Waals surface area contributed by atoms with Gasteiger partial charge in [-0.15, -0.1) is 0 Å². The molecule has 0 spiro atoms. The number of amides is 1. The van der Waals surface area contributed by atoms with E-state index in [1.54, 1.807) is 18.2 Å². The predicted molar refractivity (Wildman–Crippen MR) is 129 cm³/mol. The van der Waals surface area contributed by atoms with Crippen LogP contribution in [0.1, 0.15) is 59.4 Å². The Labute approximate surface area is 197 Å². The van der Waals surface area contributed by atoms with Crippen molar-refractivity contribution >= 4 is 17.8 Å². The lowest BCUT2D eigenvalue weighted by Gasteiger charge is -2.35. The lowest BCUT2D eigenvalue weighted by molar-refractivity contribution is -0.145. The molecule has 0 N–H and O–H groups in total. The number of morpholine rings is 1. The first kappa shape index (κ1) is 23.7. The fraction of sp³-hybridized carbons (Fsp3) is 0.654. The van der Waals surface area contributed by atoms with E-state index in [2.05, 4.69) is 31.0 Å². The molecule has 1 aromatic rings. The third kappa shape index (κ3) is 4.52. The van der Waals surface area contributed by atoms with Crippen molar-refractivity contribution in [3.05, 3.63) is 23.8 Å². The molecule has 4 rings (SSSR count). The van der Waals surface area contributed by atoms with Gasteiger partial charge in [-0.2, -0.15) is 10.2 Å². The quantitative estimate of drug-likeness (QED) is 0.473. The second kappa shape index (κ2) is 9.09. The van der Waals surface area contributed by atoms with E-state index in [0.717, 1.165) is 12.0 Å². The van der Waals surface area contributed by atoms with Gasteiger partial charge in [-0.3, -0.25) is 4.79 Å². The van der Waals surface area contributed by atoms with Crippen LogP contribution in [0.25, 0.3) is 0 Å². The Bertz CT molecular complexity index is 947. The molecule has 33 heavy (non-hydrogen) atoms. The molecule has 1 aliphatic heterocycles. The van der Waals surface area contributed by atoms with Gasteiger partial charge in [-0.25, -0.2) is 0 Å². The molecule has 0 aromatic heterocycles. The van der Waals surface area contributed by atoms with Crippen molar-refractivity contribution in [1.29, 1.82) is 0 Å². The van der Waals surface area contributed by atoms with Crippen LogP contribution < -0.4 is 9.47 Å². The summed E-state index contributed by atoms with van der Waals surface area (Å²) in [5, 5.41) is 9.03. The van der Waals surface area contributed by atoms with Gasteiger partial charge in [-0.05, 0) is 68.2 Å². The van der Waals surface area contributed by atoms with Crippen molar-refractivity contribution < 1.29 is 19.0 Å². The van der Waals surface area contributed by atoms with Gasteiger partial charge in [-0.1, -0.05) is 20.8 Å². The predicted octanol–water partition coefficient (Wildman–Crippen LogP) is 4.33. The summed E-state index contributed by atoms with van der Waals surface area (Å²) in [6.07, 6.45) is 5.34. The van der Waals surface area contributed by atoms with Gasteiger partial charge >= 0.3 is 0 Å². The third-order valence-electron chi connectivity index (χ3n) is 8.21. The SMILES string of the molecule is COc1cc(C=NN=C2CC3CCC2(C)C3(C)C)ccc1OCC(=O)N1CC(C)OC(C)C1. The van der Waals surface area contributed by atoms with Crippen LogP contribution in [-0.4, -0.2) is 61.7 Å². The smallest absolute Gasteiger partial charge is 0.260 e. The Morgan fingerprint density at radius 2 is 1.94 bits per heavy atom. The molecule has 2 aliphatic carbocycles. The van der Waals surface area contributed by atoms with E-state index in [-0.39, 0.29) is 35.6 Å². The van der Waals surface area contributed by atoms with Crippen LogP contribution in [0.4, 0.5) is 0 Å². The highest BCUT2D eigenvalue weighted by Crippen LogP contribution is 2.64. The molecule has 7 nitrogen and oxygen atoms in total. The van der Waals surface area contributed by atoms with Gasteiger partial charge < -0.3 is 19.1 Å². The van der Waals surface area contributed by atoms with Gasteiger partial charge in [0.2, 0.25) is 0 Å². The minimum atomic E-state index is -0.0530. The van der Waals surface area contributed by atoms with Gasteiger partial charge in [0, 0.05) is 24.2 Å². The van der Waals surface area contributed by atoms with Crippen LogP contribution in [0.3, 0.4) is 0 Å². The summed E-state index contributed by atoms with van der Waals surface area (Å²) in [7, 11) is 1.59. The number of methoxy groups -OCH3 is 1. The van der Waals surface area contributed by atoms with Crippen LogP contribution in [0.2, 0.25) is 0 Å². The molecule has 1 aromatic carbocycles. The first-order valence-corrected chi connectivity index (χ1v) is 12.0. The number of carbonyl (C=O) groups excluding carboxylic acids is 1. The Morgan fingerprint density at radius 3 is 2.55 bits per heavy atom. The lowest BCUT2D eigenvalue weighted by Crippen LogP contribution is -2.49. The Morgan fingerprint density at radius 1 is 1.21 bits per heavy atom. The molecule has 3 fully saturated rings. The van der Waals surface area contributed by atoms with Crippen molar-refractivity contribution in [2.45, 2.75) is 66.1 Å². The van der Waals surface area contributed by atoms with Crippen LogP contribution in [0.5, 0.6) is 11.5 Å². The highest BCUT2D eigenvalue weighted by atomic mass is 16.5. The summed E-state index contributed by atoms with van der Waals surface area (Å²) < 4.78 is 17.0. The molecular weight excluding hydrogens is 418 g/mol. The molecule has 4 unspecified atom stereocenters. The molecule has 1 heterocycles. The first-order chi connectivity index (χ1) is 15.6. The normalized spacial score (nSPS) is 32.0. The van der Waals surface area contributed by atoms with Crippen molar-refractivity contribution in [1.82, 2.24) is 4.90 Å². The van der Waals surface area contributed by atoms with Crippen LogP contribution in [0.15, 0.2) is 28.4 Å². The number of hydrogen-bond acceptors (Lipinski definition) is 6. The molecule has 3 aliphatic rings. The van der Waals surface area contributed by atoms with E-state index < -0.39 is 0 Å². The standard InChI is InChI=1S/C26H37N3O4/c1-17-14-29(15-18(2)33-17)24(30)16-32-21-8-7-19(11-22(21)31-6)13-27-28-23-12-20-9-10-26(23,5)25(20,3)4/h7-8,11,13,17-18,20H,9-10,12,14-16H2,1-6H3. The van der Waals surface area contributed by atoms with Crippen LogP contribution in [0, 0.1) is 16.7 Å². The van der Waals surface area contributed by atoms with Crippen molar-refractivity contribution in [2.24, 2.45) is 27.0 Å². The number of fused-ring (bicyclic) bond motifs is 2. The fourth-order valence-corrected chi connectivity index (χ4v) is 5.74. The van der Waals surface area contributed by atoms with Crippen molar-refractivity contribution in [3.63, 3.8) is 0 Å². The second-order valence-electron chi connectivity index (χ2n) is 10.5. The summed E-state index contributed by atoms with van der Waals surface area (Å²) in [6, 6.07) is 5.57. The average Bonchev–Trinajstić information content (AvgIpc) is 3.10. The molecule has 2 saturated carbocycles. The highest BCUT2D eigenvalue weighted by molar-refractivity contribution is 5.94. The van der Waals surface area contributed by atoms with E-state index >= 15 is 0 Å². The second-order valence-corrected chi connectivity index (χ2v) is 10.5. The number of ether oxygens (including phenoxy) is 3. The maximum absolute atomic E-state index is 12.6. The Balaban J connectivity index is 1.39. The molecule has 4 atom stereocenters.